The van der Waals surface area contributed by atoms with Gasteiger partial charge in [0, 0.05) is 5.02 Å². The Labute approximate surface area is 83.1 Å². The third kappa shape index (κ3) is 3.66. The Bertz CT molecular complexity index is 263. The molecular weight excluding hydrogens is 188 g/mol. The van der Waals surface area contributed by atoms with E-state index in [1.807, 2.05) is 0 Å². The summed E-state index contributed by atoms with van der Waals surface area (Å²) in [6, 6.07) is 7.07. The number of benzene rings is 1. The molecule has 1 rings (SSSR count). The van der Waals surface area contributed by atoms with Crippen molar-refractivity contribution in [2.45, 2.75) is 12.5 Å². The largest absolute Gasteiger partial charge is 0.491 e. The second-order valence-electron chi connectivity index (χ2n) is 2.71. The first-order valence-corrected chi connectivity index (χ1v) is 4.46. The van der Waals surface area contributed by atoms with E-state index in [1.54, 1.807) is 24.3 Å². The summed E-state index contributed by atoms with van der Waals surface area (Å²) in [5, 5.41) is 9.79. The van der Waals surface area contributed by atoms with E-state index in [2.05, 4.69) is 6.92 Å². The molecule has 0 amide bonds. The third-order valence-electron chi connectivity index (χ3n) is 1.57. The quantitative estimate of drug-likeness (QED) is 0.807. The smallest absolute Gasteiger partial charge is 0.120 e. The average molecular weight is 200 g/mol. The van der Waals surface area contributed by atoms with Crippen molar-refractivity contribution < 1.29 is 9.84 Å². The number of aliphatic hydroxyl groups is 1. The molecule has 1 N–H and O–H groups in total. The van der Waals surface area contributed by atoms with Crippen LogP contribution in [0.4, 0.5) is 0 Å². The van der Waals surface area contributed by atoms with Gasteiger partial charge in [0.1, 0.15) is 12.4 Å². The van der Waals surface area contributed by atoms with E-state index in [0.29, 0.717) is 17.2 Å². The van der Waals surface area contributed by atoms with Gasteiger partial charge in [-0.15, -0.1) is 0 Å². The summed E-state index contributed by atoms with van der Waals surface area (Å²) in [5.74, 6) is 0.667. The van der Waals surface area contributed by atoms with Crippen molar-refractivity contribution in [3.63, 3.8) is 0 Å². The van der Waals surface area contributed by atoms with Crippen LogP contribution in [0.15, 0.2) is 24.3 Å². The average Bonchev–Trinajstić information content (AvgIpc) is 2.14. The zero-order valence-corrected chi connectivity index (χ0v) is 8.00. The highest BCUT2D eigenvalue weighted by Crippen LogP contribution is 2.17. The summed E-state index contributed by atoms with van der Waals surface area (Å²) in [6.45, 7) is 3.81. The van der Waals surface area contributed by atoms with Gasteiger partial charge in [0.2, 0.25) is 0 Å². The van der Waals surface area contributed by atoms with Crippen LogP contribution in [0.25, 0.3) is 0 Å². The number of ether oxygens (including phenoxy) is 1. The number of hydrogen-bond donors (Lipinski definition) is 1. The molecule has 3 heteroatoms. The molecule has 0 aliphatic carbocycles. The van der Waals surface area contributed by atoms with Crippen molar-refractivity contribution >= 4 is 11.6 Å². The summed E-state index contributed by atoms with van der Waals surface area (Å²) in [5.41, 5.74) is 0. The van der Waals surface area contributed by atoms with Crippen molar-refractivity contribution in [1.82, 2.24) is 0 Å². The van der Waals surface area contributed by atoms with Crippen molar-refractivity contribution in [2.24, 2.45) is 0 Å². The topological polar surface area (TPSA) is 29.5 Å². The molecule has 0 aliphatic rings. The van der Waals surface area contributed by atoms with Crippen molar-refractivity contribution in [3.8, 4) is 5.75 Å². The standard InChI is InChI=1S/C10H12ClO2/c1-2-9(12)7-13-10-5-3-4-8(11)6-10/h3-6,9,12H,1-2,7H2. The van der Waals surface area contributed by atoms with Crippen LogP contribution in [0.3, 0.4) is 0 Å². The summed E-state index contributed by atoms with van der Waals surface area (Å²) in [4.78, 5) is 0. The molecule has 2 nitrogen and oxygen atoms in total. The second kappa shape index (κ2) is 5.10. The monoisotopic (exact) mass is 199 g/mol. The van der Waals surface area contributed by atoms with Crippen molar-refractivity contribution in [2.75, 3.05) is 6.61 Å². The molecule has 13 heavy (non-hydrogen) atoms. The predicted molar refractivity (Wildman–Crippen MR) is 52.9 cm³/mol. The molecule has 1 aromatic rings. The number of aliphatic hydroxyl groups excluding tert-OH is 1. The maximum absolute atomic E-state index is 9.17. The lowest BCUT2D eigenvalue weighted by Crippen LogP contribution is -2.15. The molecule has 0 spiro atoms. The number of hydrogen-bond acceptors (Lipinski definition) is 2. The first-order valence-electron chi connectivity index (χ1n) is 4.08. The van der Waals surface area contributed by atoms with Crippen LogP contribution in [-0.2, 0) is 0 Å². The summed E-state index contributed by atoms with van der Waals surface area (Å²) in [6.07, 6.45) is -0.0698. The molecule has 0 fully saturated rings. The number of rotatable bonds is 4. The van der Waals surface area contributed by atoms with Gasteiger partial charge in [-0.1, -0.05) is 24.6 Å². The van der Waals surface area contributed by atoms with E-state index >= 15 is 0 Å². The summed E-state index contributed by atoms with van der Waals surface area (Å²) in [7, 11) is 0. The fourth-order valence-electron chi connectivity index (χ4n) is 0.833. The molecule has 1 radical (unpaired) electrons. The Morgan fingerprint density at radius 2 is 2.31 bits per heavy atom. The molecule has 1 unspecified atom stereocenters. The molecule has 0 heterocycles. The van der Waals surface area contributed by atoms with Gasteiger partial charge in [-0.3, -0.25) is 0 Å². The molecule has 0 saturated heterocycles. The lowest BCUT2D eigenvalue weighted by Gasteiger charge is -2.09. The Hall–Kier alpha value is -0.730. The minimum absolute atomic E-state index is 0.254. The Morgan fingerprint density at radius 3 is 2.92 bits per heavy atom. The first kappa shape index (κ1) is 10.4. The molecule has 0 saturated carbocycles. The van der Waals surface area contributed by atoms with E-state index in [0.717, 1.165) is 0 Å². The van der Waals surface area contributed by atoms with E-state index < -0.39 is 6.10 Å². The van der Waals surface area contributed by atoms with Crippen LogP contribution in [-0.4, -0.2) is 17.8 Å². The SMILES string of the molecule is [CH2]CC(O)COc1cccc(Cl)c1. The van der Waals surface area contributed by atoms with Crippen molar-refractivity contribution in [3.05, 3.63) is 36.2 Å². The highest BCUT2D eigenvalue weighted by atomic mass is 35.5. The fraction of sp³-hybridized carbons (Fsp3) is 0.300. The van der Waals surface area contributed by atoms with Crippen LogP contribution in [0.5, 0.6) is 5.75 Å². The molecule has 1 aromatic carbocycles. The Kier molecular flexibility index (Phi) is 4.06. The predicted octanol–water partition coefficient (Wildman–Crippen LogP) is 2.30. The van der Waals surface area contributed by atoms with Gasteiger partial charge in [-0.2, -0.15) is 0 Å². The van der Waals surface area contributed by atoms with Crippen LogP contribution in [0, 0.1) is 6.92 Å². The van der Waals surface area contributed by atoms with Gasteiger partial charge in [0.25, 0.3) is 0 Å². The molecule has 1 atom stereocenters. The van der Waals surface area contributed by atoms with Crippen LogP contribution >= 0.6 is 11.6 Å². The number of halogens is 1. The molecule has 0 aliphatic heterocycles. The van der Waals surface area contributed by atoms with E-state index in [4.69, 9.17) is 21.4 Å². The zero-order chi connectivity index (χ0) is 9.68. The summed E-state index contributed by atoms with van der Waals surface area (Å²) < 4.78 is 5.27. The lowest BCUT2D eigenvalue weighted by molar-refractivity contribution is 0.109. The van der Waals surface area contributed by atoms with Gasteiger partial charge >= 0.3 is 0 Å². The highest BCUT2D eigenvalue weighted by Gasteiger charge is 2.01. The van der Waals surface area contributed by atoms with Crippen LogP contribution < -0.4 is 4.74 Å². The van der Waals surface area contributed by atoms with E-state index in [9.17, 15) is 0 Å². The van der Waals surface area contributed by atoms with E-state index in [-0.39, 0.29) is 6.61 Å². The maximum Gasteiger partial charge on any atom is 0.120 e. The fourth-order valence-corrected chi connectivity index (χ4v) is 1.01. The molecule has 0 aromatic heterocycles. The van der Waals surface area contributed by atoms with Crippen LogP contribution in [0.1, 0.15) is 6.42 Å². The van der Waals surface area contributed by atoms with Gasteiger partial charge in [-0.25, -0.2) is 0 Å². The van der Waals surface area contributed by atoms with Gasteiger partial charge < -0.3 is 9.84 Å². The minimum Gasteiger partial charge on any atom is -0.491 e. The Balaban J connectivity index is 2.45. The third-order valence-corrected chi connectivity index (χ3v) is 1.81. The van der Waals surface area contributed by atoms with Gasteiger partial charge in [0.15, 0.2) is 0 Å². The van der Waals surface area contributed by atoms with E-state index in [1.165, 1.54) is 0 Å². The van der Waals surface area contributed by atoms with Crippen molar-refractivity contribution in [1.29, 1.82) is 0 Å². The lowest BCUT2D eigenvalue weighted by atomic mass is 10.3. The molecule has 0 bridgehead atoms. The normalized spacial score (nSPS) is 12.5. The van der Waals surface area contributed by atoms with Crippen LogP contribution in [0.2, 0.25) is 5.02 Å². The first-order chi connectivity index (χ1) is 6.22. The molecular formula is C10H12ClO2. The zero-order valence-electron chi connectivity index (χ0n) is 7.24. The second-order valence-corrected chi connectivity index (χ2v) is 3.15. The summed E-state index contributed by atoms with van der Waals surface area (Å²) >= 11 is 5.74. The van der Waals surface area contributed by atoms with Gasteiger partial charge in [-0.05, 0) is 24.6 Å². The maximum atomic E-state index is 9.17. The Morgan fingerprint density at radius 1 is 1.54 bits per heavy atom. The molecule has 71 valence electrons. The highest BCUT2D eigenvalue weighted by molar-refractivity contribution is 6.30. The van der Waals surface area contributed by atoms with Gasteiger partial charge in [0.05, 0.1) is 6.10 Å². The minimum atomic E-state index is -0.515.